The normalized spacial score (nSPS) is 10.6. The lowest BCUT2D eigenvalue weighted by molar-refractivity contribution is 0.199. The Hall–Kier alpha value is -1.62. The van der Waals surface area contributed by atoms with Crippen molar-refractivity contribution in [2.75, 3.05) is 30.7 Å². The standard InChI is InChI=1S/C12H17N3O3S/c1-18-9-4-10-19(16,17)15-12-7-2-5-11(14-12)6-3-8-13/h2,5,7H,4,8-10,13H2,1H3,(H,14,15). The smallest absolute Gasteiger partial charge is 0.233 e. The van der Waals surface area contributed by atoms with Crippen LogP contribution in [0.1, 0.15) is 12.1 Å². The second-order valence-corrected chi connectivity index (χ2v) is 5.52. The molecule has 3 N–H and O–H groups in total. The van der Waals surface area contributed by atoms with Gasteiger partial charge in [-0.1, -0.05) is 12.0 Å². The van der Waals surface area contributed by atoms with Crippen LogP contribution < -0.4 is 10.5 Å². The molecule has 1 rings (SSSR count). The van der Waals surface area contributed by atoms with Crippen LogP contribution in [0.4, 0.5) is 5.82 Å². The molecule has 0 aromatic carbocycles. The minimum atomic E-state index is -3.41. The van der Waals surface area contributed by atoms with Gasteiger partial charge in [0.15, 0.2) is 0 Å². The molecule has 0 saturated carbocycles. The molecule has 0 unspecified atom stereocenters. The summed E-state index contributed by atoms with van der Waals surface area (Å²) in [7, 11) is -1.88. The van der Waals surface area contributed by atoms with Gasteiger partial charge in [-0.2, -0.15) is 0 Å². The Bertz CT molecular complexity index is 561. The Balaban J connectivity index is 2.71. The number of aromatic nitrogens is 1. The fourth-order valence-electron chi connectivity index (χ4n) is 1.31. The van der Waals surface area contributed by atoms with Crippen molar-refractivity contribution in [3.05, 3.63) is 23.9 Å². The minimum absolute atomic E-state index is 0.0127. The van der Waals surface area contributed by atoms with Gasteiger partial charge in [-0.25, -0.2) is 13.4 Å². The van der Waals surface area contributed by atoms with E-state index < -0.39 is 10.0 Å². The fourth-order valence-corrected chi connectivity index (χ4v) is 2.34. The maximum absolute atomic E-state index is 11.7. The van der Waals surface area contributed by atoms with Crippen molar-refractivity contribution < 1.29 is 13.2 Å². The van der Waals surface area contributed by atoms with Crippen molar-refractivity contribution in [2.24, 2.45) is 5.73 Å². The van der Waals surface area contributed by atoms with Crippen LogP contribution in [0.2, 0.25) is 0 Å². The van der Waals surface area contributed by atoms with E-state index >= 15 is 0 Å². The molecule has 1 aromatic rings. The fraction of sp³-hybridized carbons (Fsp3) is 0.417. The quantitative estimate of drug-likeness (QED) is 0.573. The summed E-state index contributed by atoms with van der Waals surface area (Å²) in [6.07, 6.45) is 0.429. The zero-order valence-corrected chi connectivity index (χ0v) is 11.5. The van der Waals surface area contributed by atoms with Crippen LogP contribution in [0, 0.1) is 11.8 Å². The number of nitrogens with two attached hydrogens (primary N) is 1. The van der Waals surface area contributed by atoms with Gasteiger partial charge >= 0.3 is 0 Å². The van der Waals surface area contributed by atoms with E-state index in [4.69, 9.17) is 10.5 Å². The van der Waals surface area contributed by atoms with Crippen LogP contribution >= 0.6 is 0 Å². The number of hydrogen-bond donors (Lipinski definition) is 2. The maximum Gasteiger partial charge on any atom is 0.233 e. The van der Waals surface area contributed by atoms with Crippen LogP contribution in [0.3, 0.4) is 0 Å². The first-order valence-electron chi connectivity index (χ1n) is 5.73. The highest BCUT2D eigenvalue weighted by Gasteiger charge is 2.10. The van der Waals surface area contributed by atoms with E-state index in [1.165, 1.54) is 7.11 Å². The molecule has 0 atom stereocenters. The van der Waals surface area contributed by atoms with E-state index in [1.807, 2.05) is 0 Å². The van der Waals surface area contributed by atoms with Gasteiger partial charge in [-0.15, -0.1) is 0 Å². The zero-order chi connectivity index (χ0) is 14.1. The largest absolute Gasteiger partial charge is 0.385 e. The number of ether oxygens (including phenoxy) is 1. The summed E-state index contributed by atoms with van der Waals surface area (Å²) in [6, 6.07) is 4.94. The molecule has 0 radical (unpaired) electrons. The molecule has 7 heteroatoms. The highest BCUT2D eigenvalue weighted by atomic mass is 32.2. The molecule has 0 fully saturated rings. The summed E-state index contributed by atoms with van der Waals surface area (Å²) in [5.41, 5.74) is 5.73. The molecule has 0 spiro atoms. The van der Waals surface area contributed by atoms with E-state index in [0.717, 1.165) is 0 Å². The van der Waals surface area contributed by atoms with Crippen molar-refractivity contribution in [1.82, 2.24) is 4.98 Å². The molecule has 0 amide bonds. The third-order valence-corrected chi connectivity index (χ3v) is 3.44. The molecule has 6 nitrogen and oxygen atoms in total. The monoisotopic (exact) mass is 283 g/mol. The average Bonchev–Trinajstić information content (AvgIpc) is 2.36. The number of pyridine rings is 1. The van der Waals surface area contributed by atoms with Crippen LogP contribution in [0.25, 0.3) is 0 Å². The number of methoxy groups -OCH3 is 1. The summed E-state index contributed by atoms with van der Waals surface area (Å²) in [4.78, 5) is 4.07. The van der Waals surface area contributed by atoms with Gasteiger partial charge in [-0.05, 0) is 24.5 Å². The molecule has 0 saturated heterocycles. The number of rotatable bonds is 6. The molecule has 19 heavy (non-hydrogen) atoms. The lowest BCUT2D eigenvalue weighted by Gasteiger charge is -2.07. The van der Waals surface area contributed by atoms with Crippen LogP contribution in [0.15, 0.2) is 18.2 Å². The van der Waals surface area contributed by atoms with Crippen molar-refractivity contribution in [3.8, 4) is 11.8 Å². The minimum Gasteiger partial charge on any atom is -0.385 e. The Morgan fingerprint density at radius 3 is 2.95 bits per heavy atom. The van der Waals surface area contributed by atoms with Gasteiger partial charge in [0, 0.05) is 13.7 Å². The van der Waals surface area contributed by atoms with Crippen LogP contribution in [0.5, 0.6) is 0 Å². The van der Waals surface area contributed by atoms with Crippen molar-refractivity contribution in [1.29, 1.82) is 0 Å². The Morgan fingerprint density at radius 1 is 1.47 bits per heavy atom. The molecule has 0 bridgehead atoms. The van der Waals surface area contributed by atoms with Gasteiger partial charge in [0.1, 0.15) is 11.5 Å². The summed E-state index contributed by atoms with van der Waals surface area (Å²) < 4.78 is 30.7. The van der Waals surface area contributed by atoms with E-state index in [-0.39, 0.29) is 18.1 Å². The van der Waals surface area contributed by atoms with Crippen molar-refractivity contribution >= 4 is 15.8 Å². The van der Waals surface area contributed by atoms with E-state index in [0.29, 0.717) is 18.7 Å². The van der Waals surface area contributed by atoms with E-state index in [2.05, 4.69) is 21.5 Å². The molecule has 104 valence electrons. The molecule has 1 heterocycles. The zero-order valence-electron chi connectivity index (χ0n) is 10.7. The summed E-state index contributed by atoms with van der Waals surface area (Å²) in [5, 5.41) is 0. The first kappa shape index (κ1) is 15.4. The predicted molar refractivity (Wildman–Crippen MR) is 74.1 cm³/mol. The van der Waals surface area contributed by atoms with Gasteiger partial charge in [0.2, 0.25) is 10.0 Å². The lowest BCUT2D eigenvalue weighted by atomic mass is 10.3. The number of hydrogen-bond acceptors (Lipinski definition) is 5. The molecule has 1 aromatic heterocycles. The molecule has 0 aliphatic carbocycles. The van der Waals surface area contributed by atoms with Gasteiger partial charge < -0.3 is 10.5 Å². The third kappa shape index (κ3) is 6.20. The average molecular weight is 283 g/mol. The first-order valence-corrected chi connectivity index (χ1v) is 7.38. The Labute approximate surface area is 113 Å². The SMILES string of the molecule is COCCCS(=O)(=O)Nc1cccc(C#CCN)n1. The van der Waals surface area contributed by atoms with Crippen LogP contribution in [-0.4, -0.2) is 39.4 Å². The number of anilines is 1. The Kier molecular flexibility index (Phi) is 6.29. The first-order chi connectivity index (χ1) is 9.07. The topological polar surface area (TPSA) is 94.3 Å². The molecular weight excluding hydrogens is 266 g/mol. The third-order valence-electron chi connectivity index (χ3n) is 2.09. The van der Waals surface area contributed by atoms with Gasteiger partial charge in [0.25, 0.3) is 0 Å². The van der Waals surface area contributed by atoms with E-state index in [1.54, 1.807) is 18.2 Å². The van der Waals surface area contributed by atoms with E-state index in [9.17, 15) is 8.42 Å². The summed E-state index contributed by atoms with van der Waals surface area (Å²) in [6.45, 7) is 0.630. The summed E-state index contributed by atoms with van der Waals surface area (Å²) in [5.74, 6) is 5.64. The highest BCUT2D eigenvalue weighted by molar-refractivity contribution is 7.92. The lowest BCUT2D eigenvalue weighted by Crippen LogP contribution is -2.18. The maximum atomic E-state index is 11.7. The number of nitrogens with zero attached hydrogens (tertiary/aromatic N) is 1. The molecular formula is C12H17N3O3S. The predicted octanol–water partition coefficient (Wildman–Crippen LogP) is 0.170. The molecule has 0 aliphatic heterocycles. The van der Waals surface area contributed by atoms with Crippen molar-refractivity contribution in [2.45, 2.75) is 6.42 Å². The summed E-state index contributed by atoms with van der Waals surface area (Å²) >= 11 is 0. The second-order valence-electron chi connectivity index (χ2n) is 3.68. The molecule has 0 aliphatic rings. The number of sulfonamides is 1. The van der Waals surface area contributed by atoms with Gasteiger partial charge in [0.05, 0.1) is 12.3 Å². The van der Waals surface area contributed by atoms with Crippen LogP contribution in [-0.2, 0) is 14.8 Å². The Morgan fingerprint density at radius 2 is 2.26 bits per heavy atom. The number of nitrogens with one attached hydrogen (secondary N) is 1. The highest BCUT2D eigenvalue weighted by Crippen LogP contribution is 2.07. The second kappa shape index (κ2) is 7.74. The van der Waals surface area contributed by atoms with Crippen molar-refractivity contribution in [3.63, 3.8) is 0 Å². The van der Waals surface area contributed by atoms with Gasteiger partial charge in [-0.3, -0.25) is 4.72 Å².